The third kappa shape index (κ3) is 6.54. The summed E-state index contributed by atoms with van der Waals surface area (Å²) in [6.07, 6.45) is -0.894. The molecule has 0 spiro atoms. The van der Waals surface area contributed by atoms with Gasteiger partial charge in [0.25, 0.3) is 0 Å². The topological polar surface area (TPSA) is 57.2 Å². The van der Waals surface area contributed by atoms with Crippen LogP contribution in [-0.4, -0.2) is 58.6 Å². The van der Waals surface area contributed by atoms with Crippen molar-refractivity contribution in [2.24, 2.45) is 0 Å². The van der Waals surface area contributed by atoms with Crippen LogP contribution in [0, 0.1) is 0 Å². The average molecular weight is 451 g/mol. The van der Waals surface area contributed by atoms with E-state index in [9.17, 15) is 13.2 Å². The van der Waals surface area contributed by atoms with Crippen molar-refractivity contribution in [2.75, 3.05) is 42.9 Å². The summed E-state index contributed by atoms with van der Waals surface area (Å²) >= 11 is 0. The molecule has 2 aromatic heterocycles. The van der Waals surface area contributed by atoms with Gasteiger partial charge in [-0.1, -0.05) is 26.8 Å². The maximum atomic E-state index is 13.2. The zero-order valence-corrected chi connectivity index (χ0v) is 19.3. The number of nitrogens with zero attached hydrogens (tertiary/aromatic N) is 5. The lowest BCUT2D eigenvalue weighted by molar-refractivity contribution is -0.141. The Kier molecular flexibility index (Phi) is 7.59. The van der Waals surface area contributed by atoms with Gasteiger partial charge in [-0.2, -0.15) is 13.2 Å². The minimum absolute atomic E-state index is 0.0436. The number of nitrogens with one attached hydrogen (secondary N) is 1. The first-order chi connectivity index (χ1) is 15.0. The molecule has 32 heavy (non-hydrogen) atoms. The van der Waals surface area contributed by atoms with Gasteiger partial charge in [0.2, 0.25) is 5.95 Å². The van der Waals surface area contributed by atoms with E-state index in [1.54, 1.807) is 0 Å². The summed E-state index contributed by atoms with van der Waals surface area (Å²) in [5.41, 5.74) is -1.02. The van der Waals surface area contributed by atoms with E-state index in [1.165, 1.54) is 0 Å². The zero-order chi connectivity index (χ0) is 23.4. The third-order valence-corrected chi connectivity index (χ3v) is 5.68. The van der Waals surface area contributed by atoms with E-state index >= 15 is 0 Å². The van der Waals surface area contributed by atoms with Crippen LogP contribution in [0.5, 0.6) is 0 Å². The normalized spacial score (nSPS) is 18.1. The molecule has 1 aliphatic heterocycles. The van der Waals surface area contributed by atoms with E-state index in [1.807, 2.05) is 45.2 Å². The highest BCUT2D eigenvalue weighted by Gasteiger charge is 2.35. The van der Waals surface area contributed by atoms with Gasteiger partial charge < -0.3 is 10.2 Å². The molecule has 0 aromatic carbocycles. The number of anilines is 2. The van der Waals surface area contributed by atoms with Gasteiger partial charge in [0, 0.05) is 43.8 Å². The first-order valence-electron chi connectivity index (χ1n) is 11.1. The van der Waals surface area contributed by atoms with Crippen molar-refractivity contribution in [3.63, 3.8) is 0 Å². The van der Waals surface area contributed by atoms with Crippen molar-refractivity contribution in [2.45, 2.75) is 58.2 Å². The maximum Gasteiger partial charge on any atom is 0.433 e. The van der Waals surface area contributed by atoms with E-state index in [0.29, 0.717) is 18.3 Å². The smallest absolute Gasteiger partial charge is 0.354 e. The second-order valence-corrected chi connectivity index (χ2v) is 9.36. The van der Waals surface area contributed by atoms with Gasteiger partial charge in [0.15, 0.2) is 0 Å². The second-order valence-electron chi connectivity index (χ2n) is 9.36. The Labute approximate surface area is 188 Å². The molecule has 0 saturated carbocycles. The molecule has 0 bridgehead atoms. The molecule has 9 heteroatoms. The Morgan fingerprint density at radius 1 is 1.06 bits per heavy atom. The highest BCUT2D eigenvalue weighted by Crippen LogP contribution is 2.31. The van der Waals surface area contributed by atoms with Gasteiger partial charge >= 0.3 is 6.18 Å². The van der Waals surface area contributed by atoms with Crippen molar-refractivity contribution in [3.05, 3.63) is 41.9 Å². The lowest BCUT2D eigenvalue weighted by Crippen LogP contribution is -2.52. The van der Waals surface area contributed by atoms with E-state index < -0.39 is 17.3 Å². The molecule has 0 amide bonds. The van der Waals surface area contributed by atoms with Crippen LogP contribution in [0.1, 0.15) is 51.9 Å². The largest absolute Gasteiger partial charge is 0.433 e. The first kappa shape index (κ1) is 24.2. The van der Waals surface area contributed by atoms with Crippen LogP contribution >= 0.6 is 0 Å². The summed E-state index contributed by atoms with van der Waals surface area (Å²) < 4.78 is 39.7. The Balaban J connectivity index is 1.47. The van der Waals surface area contributed by atoms with Crippen molar-refractivity contribution >= 4 is 11.8 Å². The van der Waals surface area contributed by atoms with Crippen LogP contribution in [0.4, 0.5) is 24.9 Å². The number of piperazine rings is 1. The molecule has 1 aliphatic rings. The molecule has 176 valence electrons. The zero-order valence-electron chi connectivity index (χ0n) is 19.3. The standard InChI is InChI=1S/C23H33F3N6/c1-17-16-32(20-9-5-6-10-27-20)14-13-31(17)12-8-7-11-28-21-29-18(22(2,3)4)15-19(30-21)23(24,25)26/h5-6,9-10,15,17H,7-8,11-14,16H2,1-4H3,(H,28,29,30). The highest BCUT2D eigenvalue weighted by molar-refractivity contribution is 5.38. The van der Waals surface area contributed by atoms with Gasteiger partial charge in [0.05, 0.1) is 5.69 Å². The molecule has 1 N–H and O–H groups in total. The van der Waals surface area contributed by atoms with Crippen LogP contribution in [0.2, 0.25) is 0 Å². The number of hydrogen-bond acceptors (Lipinski definition) is 6. The second kappa shape index (κ2) is 10.0. The molecule has 3 heterocycles. The Morgan fingerprint density at radius 2 is 1.81 bits per heavy atom. The molecule has 1 unspecified atom stereocenters. The summed E-state index contributed by atoms with van der Waals surface area (Å²) in [4.78, 5) is 17.2. The third-order valence-electron chi connectivity index (χ3n) is 5.68. The molecule has 0 aliphatic carbocycles. The van der Waals surface area contributed by atoms with Crippen molar-refractivity contribution < 1.29 is 13.2 Å². The van der Waals surface area contributed by atoms with Gasteiger partial charge in [-0.25, -0.2) is 15.0 Å². The van der Waals surface area contributed by atoms with Gasteiger partial charge in [-0.05, 0) is 44.5 Å². The van der Waals surface area contributed by atoms with E-state index in [0.717, 1.165) is 50.9 Å². The molecule has 0 radical (unpaired) electrons. The molecule has 2 aromatic rings. The summed E-state index contributed by atoms with van der Waals surface area (Å²) in [6.45, 7) is 12.1. The number of halogens is 3. The highest BCUT2D eigenvalue weighted by atomic mass is 19.4. The fourth-order valence-corrected chi connectivity index (χ4v) is 3.77. The Hall–Kier alpha value is -2.42. The minimum atomic E-state index is -4.49. The summed E-state index contributed by atoms with van der Waals surface area (Å²) in [7, 11) is 0. The Morgan fingerprint density at radius 3 is 2.44 bits per heavy atom. The summed E-state index contributed by atoms with van der Waals surface area (Å²) in [6, 6.07) is 7.42. The molecular weight excluding hydrogens is 417 g/mol. The lowest BCUT2D eigenvalue weighted by Gasteiger charge is -2.40. The first-order valence-corrected chi connectivity index (χ1v) is 11.1. The molecule has 1 atom stereocenters. The van der Waals surface area contributed by atoms with Gasteiger partial charge in [-0.15, -0.1) is 0 Å². The number of hydrogen-bond donors (Lipinski definition) is 1. The minimum Gasteiger partial charge on any atom is -0.354 e. The average Bonchev–Trinajstić information content (AvgIpc) is 2.73. The van der Waals surface area contributed by atoms with Crippen LogP contribution in [0.3, 0.4) is 0 Å². The molecule has 3 rings (SSSR count). The van der Waals surface area contributed by atoms with Gasteiger partial charge in [-0.3, -0.25) is 4.90 Å². The van der Waals surface area contributed by atoms with Crippen molar-refractivity contribution in [1.29, 1.82) is 0 Å². The summed E-state index contributed by atoms with van der Waals surface area (Å²) in [5.74, 6) is 1.06. The van der Waals surface area contributed by atoms with E-state index in [2.05, 4.69) is 37.0 Å². The lowest BCUT2D eigenvalue weighted by atomic mass is 9.91. The summed E-state index contributed by atoms with van der Waals surface area (Å²) in [5, 5.41) is 2.99. The number of alkyl halides is 3. The number of pyridine rings is 1. The maximum absolute atomic E-state index is 13.2. The fraction of sp³-hybridized carbons (Fsp3) is 0.609. The quantitative estimate of drug-likeness (QED) is 0.623. The fourth-order valence-electron chi connectivity index (χ4n) is 3.77. The van der Waals surface area contributed by atoms with Crippen molar-refractivity contribution in [1.82, 2.24) is 19.9 Å². The van der Waals surface area contributed by atoms with Crippen LogP contribution < -0.4 is 10.2 Å². The van der Waals surface area contributed by atoms with E-state index in [4.69, 9.17) is 0 Å². The molecule has 1 fully saturated rings. The predicted octanol–water partition coefficient (Wildman–Crippen LogP) is 4.59. The molecule has 6 nitrogen and oxygen atoms in total. The van der Waals surface area contributed by atoms with Crippen LogP contribution in [-0.2, 0) is 11.6 Å². The van der Waals surface area contributed by atoms with Crippen LogP contribution in [0.15, 0.2) is 30.5 Å². The molecular formula is C23H33F3N6. The van der Waals surface area contributed by atoms with Gasteiger partial charge in [0.1, 0.15) is 11.5 Å². The number of aromatic nitrogens is 3. The monoisotopic (exact) mass is 450 g/mol. The van der Waals surface area contributed by atoms with E-state index in [-0.39, 0.29) is 5.95 Å². The van der Waals surface area contributed by atoms with Crippen molar-refractivity contribution in [3.8, 4) is 0 Å². The Bertz CT molecular complexity index is 834. The van der Waals surface area contributed by atoms with Crippen LogP contribution in [0.25, 0.3) is 0 Å². The molecule has 1 saturated heterocycles. The number of unbranched alkanes of at least 4 members (excludes halogenated alkanes) is 1. The number of rotatable bonds is 7. The SMILES string of the molecule is CC1CN(c2ccccn2)CCN1CCCCNc1nc(C(C)(C)C)cc(C(F)(F)F)n1. The predicted molar refractivity (Wildman–Crippen MR) is 121 cm³/mol.